The molecule has 2 aromatic rings. The van der Waals surface area contributed by atoms with Crippen LogP contribution in [0.15, 0.2) is 47.5 Å². The van der Waals surface area contributed by atoms with Crippen LogP contribution in [0.1, 0.15) is 31.9 Å². The van der Waals surface area contributed by atoms with Gasteiger partial charge in [0.1, 0.15) is 11.2 Å². The molecule has 0 saturated heterocycles. The highest BCUT2D eigenvalue weighted by atomic mass is 19.4. The monoisotopic (exact) mass is 463 g/mol. The molecule has 0 bridgehead atoms. The largest absolute Gasteiger partial charge is 0.573 e. The normalized spacial score (nSPS) is 20.2. The minimum absolute atomic E-state index is 0.00588. The summed E-state index contributed by atoms with van der Waals surface area (Å²) >= 11 is 0. The predicted octanol–water partition coefficient (Wildman–Crippen LogP) is 4.51. The third-order valence-corrected chi connectivity index (χ3v) is 5.90. The van der Waals surface area contributed by atoms with Crippen LogP contribution < -0.4 is 15.6 Å². The number of halogens is 4. The number of alkyl halides is 3. The van der Waals surface area contributed by atoms with Gasteiger partial charge in [-0.15, -0.1) is 13.2 Å². The van der Waals surface area contributed by atoms with E-state index in [2.05, 4.69) is 9.73 Å². The summed E-state index contributed by atoms with van der Waals surface area (Å²) < 4.78 is 57.9. The zero-order valence-electron chi connectivity index (χ0n) is 18.2. The molecular weight excluding hydrogens is 442 g/mol. The molecule has 174 valence electrons. The smallest absolute Gasteiger partial charge is 0.403 e. The fourth-order valence-electron chi connectivity index (χ4n) is 3.62. The zero-order chi connectivity index (χ0) is 24.8. The Hall–Kier alpha value is -3.81. The van der Waals surface area contributed by atoms with Crippen molar-refractivity contribution >= 4 is 23.2 Å². The van der Waals surface area contributed by atoms with Gasteiger partial charge >= 0.3 is 6.36 Å². The number of aliphatic imine (C=N–C) groups is 1. The first-order valence-electron chi connectivity index (χ1n) is 9.71. The number of nitrogens with zero attached hydrogens (tertiary/aromatic N) is 4. The number of benzene rings is 2. The van der Waals surface area contributed by atoms with Gasteiger partial charge in [0, 0.05) is 13.1 Å². The third-order valence-electron chi connectivity index (χ3n) is 5.90. The fourth-order valence-corrected chi connectivity index (χ4v) is 3.62. The number of anilines is 2. The standard InChI is InChI=1S/C22H21F4N5O2/c1-20(2)18(32)30(4)19(28)29-21(20,3)14-6-5-7-15(11-14)31(26)16-9-8-13(12-27)10-17(16)33-22(23,24)25/h5-11H,1-4H3,(H2,28,29)/t21-/m0/s1. The molecule has 0 aromatic heterocycles. The van der Waals surface area contributed by atoms with E-state index in [1.54, 1.807) is 32.9 Å². The molecule has 0 fully saturated rings. The molecular formula is C22H21F4N5O2. The predicted molar refractivity (Wildman–Crippen MR) is 113 cm³/mol. The van der Waals surface area contributed by atoms with Crippen molar-refractivity contribution in [3.8, 4) is 11.8 Å². The topological polar surface area (TPSA) is 95.0 Å². The molecule has 2 N–H and O–H groups in total. The van der Waals surface area contributed by atoms with E-state index in [1.807, 2.05) is 0 Å². The van der Waals surface area contributed by atoms with Gasteiger partial charge in [-0.2, -0.15) is 10.4 Å². The summed E-state index contributed by atoms with van der Waals surface area (Å²) in [5.41, 5.74) is 3.25. The summed E-state index contributed by atoms with van der Waals surface area (Å²) in [5, 5.41) is 8.98. The first-order chi connectivity index (χ1) is 15.2. The molecule has 7 nitrogen and oxygen atoms in total. The average Bonchev–Trinajstić information content (AvgIpc) is 2.75. The lowest BCUT2D eigenvalue weighted by Gasteiger charge is -2.46. The lowest BCUT2D eigenvalue weighted by molar-refractivity contribution is -0.274. The van der Waals surface area contributed by atoms with Crippen LogP contribution in [0.3, 0.4) is 0 Å². The Balaban J connectivity index is 2.10. The van der Waals surface area contributed by atoms with E-state index in [1.165, 1.54) is 36.2 Å². The van der Waals surface area contributed by atoms with Gasteiger partial charge in [-0.25, -0.2) is 4.99 Å². The van der Waals surface area contributed by atoms with Gasteiger partial charge in [0.15, 0.2) is 11.7 Å². The quantitative estimate of drug-likeness (QED) is 0.532. The highest BCUT2D eigenvalue weighted by Crippen LogP contribution is 2.47. The summed E-state index contributed by atoms with van der Waals surface area (Å²) in [5.74, 6) is -1.19. The van der Waals surface area contributed by atoms with Crippen molar-refractivity contribution in [3.05, 3.63) is 53.6 Å². The molecule has 11 heteroatoms. The molecule has 1 heterocycles. The van der Waals surface area contributed by atoms with Crippen molar-refractivity contribution in [2.45, 2.75) is 32.7 Å². The van der Waals surface area contributed by atoms with Crippen molar-refractivity contribution in [2.75, 3.05) is 12.2 Å². The first kappa shape index (κ1) is 23.8. The van der Waals surface area contributed by atoms with Crippen molar-refractivity contribution in [3.63, 3.8) is 0 Å². The molecule has 1 aliphatic rings. The molecule has 0 unspecified atom stereocenters. The van der Waals surface area contributed by atoms with Crippen LogP contribution in [0, 0.1) is 16.7 Å². The fraction of sp³-hybridized carbons (Fsp3) is 0.318. The van der Waals surface area contributed by atoms with E-state index in [0.29, 0.717) is 5.56 Å². The number of rotatable bonds is 4. The molecule has 0 spiro atoms. The van der Waals surface area contributed by atoms with Gasteiger partial charge in [0.2, 0.25) is 5.91 Å². The Morgan fingerprint density at radius 3 is 2.45 bits per heavy atom. The Morgan fingerprint density at radius 2 is 1.85 bits per heavy atom. The zero-order valence-corrected chi connectivity index (χ0v) is 18.2. The van der Waals surface area contributed by atoms with Gasteiger partial charge in [-0.3, -0.25) is 9.69 Å². The van der Waals surface area contributed by atoms with E-state index in [-0.39, 0.29) is 28.2 Å². The lowest BCUT2D eigenvalue weighted by atomic mass is 9.68. The average molecular weight is 463 g/mol. The van der Waals surface area contributed by atoms with Crippen LogP contribution in [0.4, 0.5) is 29.0 Å². The Morgan fingerprint density at radius 1 is 1.18 bits per heavy atom. The summed E-state index contributed by atoms with van der Waals surface area (Å²) in [6.45, 7) is 5.03. The van der Waals surface area contributed by atoms with Crippen LogP contribution in [0.5, 0.6) is 5.75 Å². The minimum Gasteiger partial charge on any atom is -0.403 e. The molecule has 33 heavy (non-hydrogen) atoms. The van der Waals surface area contributed by atoms with Gasteiger partial charge in [0.25, 0.3) is 0 Å². The Kier molecular flexibility index (Phi) is 5.75. The summed E-state index contributed by atoms with van der Waals surface area (Å²) in [6.07, 6.45) is -5.09. The number of ether oxygens (including phenoxy) is 1. The number of amides is 1. The number of hydrogen-bond donors (Lipinski definition) is 1. The summed E-state index contributed by atoms with van der Waals surface area (Å²) in [6, 6.07) is 10.5. The van der Waals surface area contributed by atoms with Crippen molar-refractivity contribution < 1.29 is 27.2 Å². The minimum atomic E-state index is -5.09. The SMILES string of the molecule is CN1C(=O)C(C)(C)[C@](C)(c2cccc(N(F)c3ccc(C#N)cc3OC(F)(F)F)c2)N=C1N. The highest BCUT2D eigenvalue weighted by molar-refractivity contribution is 6.01. The van der Waals surface area contributed by atoms with E-state index in [4.69, 9.17) is 11.0 Å². The van der Waals surface area contributed by atoms with Gasteiger partial charge in [0.05, 0.1) is 22.7 Å². The number of guanidine groups is 1. The van der Waals surface area contributed by atoms with Gasteiger partial charge in [-0.1, -0.05) is 16.6 Å². The lowest BCUT2D eigenvalue weighted by Crippen LogP contribution is -2.58. The molecule has 0 aliphatic carbocycles. The molecule has 0 radical (unpaired) electrons. The second kappa shape index (κ2) is 7.95. The van der Waals surface area contributed by atoms with Gasteiger partial charge in [-0.05, 0) is 50.6 Å². The van der Waals surface area contributed by atoms with E-state index in [0.717, 1.165) is 12.1 Å². The number of hydrogen-bond acceptors (Lipinski definition) is 6. The van der Waals surface area contributed by atoms with Crippen molar-refractivity contribution in [1.29, 1.82) is 5.26 Å². The molecule has 1 atom stereocenters. The van der Waals surface area contributed by atoms with Crippen molar-refractivity contribution in [1.82, 2.24) is 4.90 Å². The van der Waals surface area contributed by atoms with Crippen LogP contribution in [0.2, 0.25) is 0 Å². The second-order valence-electron chi connectivity index (χ2n) is 8.20. The maximum Gasteiger partial charge on any atom is 0.573 e. The maximum absolute atomic E-state index is 15.4. The molecule has 1 amide bonds. The molecule has 2 aromatic carbocycles. The summed E-state index contributed by atoms with van der Waals surface area (Å²) in [7, 11) is 1.50. The second-order valence-corrected chi connectivity index (χ2v) is 8.20. The third kappa shape index (κ3) is 4.16. The first-order valence-corrected chi connectivity index (χ1v) is 9.71. The summed E-state index contributed by atoms with van der Waals surface area (Å²) in [4.78, 5) is 18.6. The highest BCUT2D eigenvalue weighted by Gasteiger charge is 2.52. The van der Waals surface area contributed by atoms with E-state index < -0.39 is 28.8 Å². The maximum atomic E-state index is 15.4. The molecule has 3 rings (SSSR count). The van der Waals surface area contributed by atoms with Crippen LogP contribution in [-0.2, 0) is 10.3 Å². The van der Waals surface area contributed by atoms with Crippen molar-refractivity contribution in [2.24, 2.45) is 16.1 Å². The molecule has 0 saturated carbocycles. The number of carbonyl (C=O) groups excluding carboxylic acids is 1. The van der Waals surface area contributed by atoms with Crippen LogP contribution in [-0.4, -0.2) is 30.2 Å². The molecule has 1 aliphatic heterocycles. The number of nitrogens with two attached hydrogens (primary N) is 1. The number of nitriles is 1. The van der Waals surface area contributed by atoms with E-state index >= 15 is 4.48 Å². The Labute approximate surface area is 187 Å². The number of carbonyl (C=O) groups is 1. The van der Waals surface area contributed by atoms with Crippen LogP contribution >= 0.6 is 0 Å². The van der Waals surface area contributed by atoms with Crippen LogP contribution in [0.25, 0.3) is 0 Å². The van der Waals surface area contributed by atoms with E-state index in [9.17, 15) is 18.0 Å². The Bertz CT molecular complexity index is 1170. The van der Waals surface area contributed by atoms with Gasteiger partial charge < -0.3 is 10.5 Å².